The molecule has 2 aliphatic carbocycles. The van der Waals surface area contributed by atoms with Gasteiger partial charge in [-0.1, -0.05) is 31.2 Å². The van der Waals surface area contributed by atoms with Crippen LogP contribution in [0.2, 0.25) is 0 Å². The number of Topliss-reactive ketones (excluding diaryl/α,β-unsaturated/α-hetero) is 1. The Kier molecular flexibility index (Phi) is 6.14. The van der Waals surface area contributed by atoms with Crippen LogP contribution < -0.4 is 0 Å². The first-order chi connectivity index (χ1) is 14.9. The maximum absolute atomic E-state index is 13.3. The number of ketones is 1. The van der Waals surface area contributed by atoms with Crippen LogP contribution in [0.3, 0.4) is 0 Å². The Morgan fingerprint density at radius 2 is 1.77 bits per heavy atom. The number of amides is 1. The summed E-state index contributed by atoms with van der Waals surface area (Å²) in [4.78, 5) is 27.5. The molecule has 0 unspecified atom stereocenters. The smallest absolute Gasteiger partial charge is 0.249 e. The predicted octanol–water partition coefficient (Wildman–Crippen LogP) is 5.16. The van der Waals surface area contributed by atoms with Crippen molar-refractivity contribution in [2.24, 2.45) is 17.8 Å². The van der Waals surface area contributed by atoms with E-state index < -0.39 is 0 Å². The third kappa shape index (κ3) is 4.24. The third-order valence-corrected chi connectivity index (χ3v) is 7.94. The lowest BCUT2D eigenvalue weighted by Gasteiger charge is -2.34. The molecule has 3 atom stereocenters. The Balaban J connectivity index is 1.39. The van der Waals surface area contributed by atoms with Gasteiger partial charge in [0.2, 0.25) is 5.91 Å². The number of allylic oxidation sites excluding steroid dienone is 2. The molecule has 31 heavy (non-hydrogen) atoms. The molecule has 4 rings (SSSR count). The van der Waals surface area contributed by atoms with E-state index >= 15 is 0 Å². The molecule has 1 heterocycles. The highest BCUT2D eigenvalue weighted by molar-refractivity contribution is 5.99. The van der Waals surface area contributed by atoms with Crippen LogP contribution >= 0.6 is 0 Å². The van der Waals surface area contributed by atoms with E-state index in [0.717, 1.165) is 56.3 Å². The minimum absolute atomic E-state index is 0.0944. The quantitative estimate of drug-likeness (QED) is 0.639. The monoisotopic (exact) mass is 416 g/mol. The van der Waals surface area contributed by atoms with Crippen LogP contribution in [0.15, 0.2) is 47.6 Å². The summed E-state index contributed by atoms with van der Waals surface area (Å²) in [6.45, 7) is 9.95. The van der Waals surface area contributed by atoms with Crippen LogP contribution in [-0.4, -0.2) is 29.7 Å². The first-order valence-corrected chi connectivity index (χ1v) is 11.6. The number of fused-ring (bicyclic) bond motifs is 1. The highest BCUT2D eigenvalue weighted by atomic mass is 16.2. The number of piperidine rings is 1. The number of likely N-dealkylation sites (tertiary alicyclic amines) is 1. The number of nitrogens with zero attached hydrogens (tertiary/aromatic N) is 2. The minimum atomic E-state index is 0.0944. The number of hydrogen-bond donors (Lipinski definition) is 0. The number of nitriles is 1. The molecule has 0 aromatic heterocycles. The molecule has 2 fully saturated rings. The molecule has 1 saturated carbocycles. The van der Waals surface area contributed by atoms with E-state index in [1.807, 2.05) is 36.1 Å². The minimum Gasteiger partial charge on any atom is -0.339 e. The molecular formula is C27H32N2O2. The molecule has 0 radical (unpaired) electrons. The summed E-state index contributed by atoms with van der Waals surface area (Å²) >= 11 is 0. The molecule has 1 aliphatic heterocycles. The van der Waals surface area contributed by atoms with E-state index in [4.69, 9.17) is 5.26 Å². The summed E-state index contributed by atoms with van der Waals surface area (Å²) in [7, 11) is 0. The van der Waals surface area contributed by atoms with Gasteiger partial charge in [-0.05, 0) is 86.0 Å². The van der Waals surface area contributed by atoms with Gasteiger partial charge in [0.15, 0.2) is 5.78 Å². The van der Waals surface area contributed by atoms with Crippen molar-refractivity contribution in [3.05, 3.63) is 58.7 Å². The number of hydrogen-bond acceptors (Lipinski definition) is 3. The number of carbonyl (C=O) groups is 2. The SMILES string of the molecule is C=C(C(=O)N1CCC(c2ccc(C#N)cc2)CC1)[C@@H]1CC[C@H](C)[C@@H]2CC(=O)C(C)=C2C1. The zero-order valence-corrected chi connectivity index (χ0v) is 18.7. The van der Waals surface area contributed by atoms with Gasteiger partial charge in [-0.15, -0.1) is 0 Å². The lowest BCUT2D eigenvalue weighted by molar-refractivity contribution is -0.128. The highest BCUT2D eigenvalue weighted by Gasteiger charge is 2.38. The van der Waals surface area contributed by atoms with Gasteiger partial charge in [-0.3, -0.25) is 9.59 Å². The molecule has 0 spiro atoms. The summed E-state index contributed by atoms with van der Waals surface area (Å²) in [6.07, 6.45) is 5.37. The average Bonchev–Trinajstić information content (AvgIpc) is 2.98. The zero-order chi connectivity index (χ0) is 22.1. The van der Waals surface area contributed by atoms with Crippen molar-refractivity contribution < 1.29 is 9.59 Å². The molecule has 162 valence electrons. The van der Waals surface area contributed by atoms with Gasteiger partial charge in [-0.2, -0.15) is 5.26 Å². The van der Waals surface area contributed by atoms with Gasteiger partial charge >= 0.3 is 0 Å². The lowest BCUT2D eigenvalue weighted by atomic mass is 9.85. The molecule has 0 bridgehead atoms. The van der Waals surface area contributed by atoms with E-state index in [1.165, 1.54) is 11.1 Å². The standard InChI is InChI=1S/C27H32N2O2/c1-17-4-7-23(14-25-19(3)26(30)15-24(17)25)18(2)27(31)29-12-10-22(11-13-29)21-8-5-20(16-28)6-9-21/h5-6,8-9,17,22-24H,2,4,7,10-15H2,1,3H3/t17-,23+,24-/m0/s1. The van der Waals surface area contributed by atoms with Gasteiger partial charge in [0.25, 0.3) is 0 Å². The van der Waals surface area contributed by atoms with Gasteiger partial charge in [0.1, 0.15) is 0 Å². The van der Waals surface area contributed by atoms with Crippen molar-refractivity contribution in [2.45, 2.75) is 58.3 Å². The summed E-state index contributed by atoms with van der Waals surface area (Å²) in [5.41, 5.74) is 4.88. The van der Waals surface area contributed by atoms with Crippen LogP contribution in [0.1, 0.15) is 69.4 Å². The van der Waals surface area contributed by atoms with Crippen molar-refractivity contribution in [1.29, 1.82) is 5.26 Å². The van der Waals surface area contributed by atoms with Gasteiger partial charge in [0.05, 0.1) is 11.6 Å². The Morgan fingerprint density at radius 1 is 1.10 bits per heavy atom. The third-order valence-electron chi connectivity index (χ3n) is 7.94. The predicted molar refractivity (Wildman–Crippen MR) is 121 cm³/mol. The van der Waals surface area contributed by atoms with E-state index in [-0.39, 0.29) is 17.6 Å². The van der Waals surface area contributed by atoms with E-state index in [2.05, 4.69) is 19.6 Å². The molecule has 1 aromatic carbocycles. The van der Waals surface area contributed by atoms with Crippen molar-refractivity contribution in [3.63, 3.8) is 0 Å². The molecule has 1 saturated heterocycles. The number of benzene rings is 1. The van der Waals surface area contributed by atoms with Crippen molar-refractivity contribution in [2.75, 3.05) is 13.1 Å². The molecule has 0 N–H and O–H groups in total. The molecule has 3 aliphatic rings. The number of rotatable bonds is 3. The largest absolute Gasteiger partial charge is 0.339 e. The Labute approximate surface area is 185 Å². The maximum Gasteiger partial charge on any atom is 0.249 e. The second-order valence-electron chi connectivity index (χ2n) is 9.67. The molecule has 4 nitrogen and oxygen atoms in total. The van der Waals surface area contributed by atoms with Crippen LogP contribution in [-0.2, 0) is 9.59 Å². The second-order valence-corrected chi connectivity index (χ2v) is 9.67. The van der Waals surface area contributed by atoms with Crippen molar-refractivity contribution in [1.82, 2.24) is 4.90 Å². The Morgan fingerprint density at radius 3 is 2.42 bits per heavy atom. The van der Waals surface area contributed by atoms with E-state index in [9.17, 15) is 9.59 Å². The topological polar surface area (TPSA) is 61.2 Å². The first-order valence-electron chi connectivity index (χ1n) is 11.6. The molecular weight excluding hydrogens is 384 g/mol. The van der Waals surface area contributed by atoms with Crippen LogP contribution in [0.4, 0.5) is 0 Å². The van der Waals surface area contributed by atoms with Crippen molar-refractivity contribution >= 4 is 11.7 Å². The highest BCUT2D eigenvalue weighted by Crippen LogP contribution is 2.45. The Bertz CT molecular complexity index is 958. The fourth-order valence-corrected chi connectivity index (χ4v) is 5.74. The summed E-state index contributed by atoms with van der Waals surface area (Å²) in [6, 6.07) is 10.00. The van der Waals surface area contributed by atoms with Gasteiger partial charge in [-0.25, -0.2) is 0 Å². The van der Waals surface area contributed by atoms with Crippen LogP contribution in [0.5, 0.6) is 0 Å². The molecule has 1 aromatic rings. The lowest BCUT2D eigenvalue weighted by Crippen LogP contribution is -2.39. The fraction of sp³-hybridized carbons (Fsp3) is 0.519. The normalized spacial score (nSPS) is 26.9. The maximum atomic E-state index is 13.3. The number of carbonyl (C=O) groups excluding carboxylic acids is 2. The van der Waals surface area contributed by atoms with E-state index in [1.54, 1.807) is 0 Å². The fourth-order valence-electron chi connectivity index (χ4n) is 5.74. The van der Waals surface area contributed by atoms with E-state index in [0.29, 0.717) is 29.7 Å². The van der Waals surface area contributed by atoms with Crippen LogP contribution in [0, 0.1) is 29.1 Å². The molecule has 1 amide bonds. The first kappa shape index (κ1) is 21.6. The van der Waals surface area contributed by atoms with Crippen LogP contribution in [0.25, 0.3) is 0 Å². The Hall–Kier alpha value is -2.67. The average molecular weight is 417 g/mol. The zero-order valence-electron chi connectivity index (χ0n) is 18.7. The summed E-state index contributed by atoms with van der Waals surface area (Å²) < 4.78 is 0. The second kappa shape index (κ2) is 8.83. The summed E-state index contributed by atoms with van der Waals surface area (Å²) in [5.74, 6) is 1.82. The summed E-state index contributed by atoms with van der Waals surface area (Å²) in [5, 5.41) is 8.98. The van der Waals surface area contributed by atoms with Crippen molar-refractivity contribution in [3.8, 4) is 6.07 Å². The molecule has 4 heteroatoms. The van der Waals surface area contributed by atoms with Gasteiger partial charge in [0, 0.05) is 25.1 Å². The van der Waals surface area contributed by atoms with Gasteiger partial charge < -0.3 is 4.90 Å².